The highest BCUT2D eigenvalue weighted by Gasteiger charge is 2.23. The Morgan fingerprint density at radius 3 is 2.57 bits per heavy atom. The number of nitrogens with zero attached hydrogens (tertiary/aromatic N) is 1. The largest absolute Gasteiger partial charge is 0.295 e. The van der Waals surface area contributed by atoms with Crippen molar-refractivity contribution in [2.45, 2.75) is 19.5 Å². The van der Waals surface area contributed by atoms with Gasteiger partial charge in [0.25, 0.3) is 6.43 Å². The smallest absolute Gasteiger partial charge is 0.275 e. The molecule has 0 aliphatic heterocycles. The molecule has 1 rings (SSSR count). The molecule has 0 saturated carbocycles. The maximum Gasteiger partial charge on any atom is 0.275 e. The van der Waals surface area contributed by atoms with Crippen molar-refractivity contribution >= 4 is 5.78 Å². The average molecular weight is 203 g/mol. The van der Waals surface area contributed by atoms with Crippen molar-refractivity contribution in [1.82, 2.24) is 4.98 Å². The minimum absolute atomic E-state index is 0.179. The van der Waals surface area contributed by atoms with Gasteiger partial charge in [0.2, 0.25) is 6.17 Å². The number of aromatic nitrogens is 1. The van der Waals surface area contributed by atoms with E-state index in [0.717, 1.165) is 12.3 Å². The standard InChI is InChI=1S/C9H8F3NO/c1-5(14)6-2-3-13-7(4-6)8(10)9(11)12/h2-4,8-9H,1H3. The molecule has 76 valence electrons. The molecule has 0 N–H and O–H groups in total. The van der Waals surface area contributed by atoms with Crippen LogP contribution in [0.2, 0.25) is 0 Å². The number of pyridine rings is 1. The average Bonchev–Trinajstić information content (AvgIpc) is 2.16. The van der Waals surface area contributed by atoms with E-state index < -0.39 is 18.3 Å². The zero-order valence-electron chi connectivity index (χ0n) is 7.38. The molecule has 1 unspecified atom stereocenters. The number of Topliss-reactive ketones (excluding diaryl/α,β-unsaturated/α-hetero) is 1. The van der Waals surface area contributed by atoms with E-state index in [4.69, 9.17) is 0 Å². The summed E-state index contributed by atoms with van der Waals surface area (Å²) in [7, 11) is 0. The fourth-order valence-corrected chi connectivity index (χ4v) is 0.947. The summed E-state index contributed by atoms with van der Waals surface area (Å²) in [6.45, 7) is 1.27. The van der Waals surface area contributed by atoms with Crippen LogP contribution >= 0.6 is 0 Å². The first kappa shape index (κ1) is 10.7. The number of rotatable bonds is 3. The fraction of sp³-hybridized carbons (Fsp3) is 0.333. The third-order valence-corrected chi connectivity index (χ3v) is 1.69. The van der Waals surface area contributed by atoms with Gasteiger partial charge in [0, 0.05) is 11.8 Å². The Kier molecular flexibility index (Phi) is 3.22. The van der Waals surface area contributed by atoms with Crippen molar-refractivity contribution in [2.75, 3.05) is 0 Å². The quantitative estimate of drug-likeness (QED) is 0.706. The van der Waals surface area contributed by atoms with Crippen LogP contribution < -0.4 is 0 Å². The summed E-state index contributed by atoms with van der Waals surface area (Å²) in [5.41, 5.74) is -0.231. The summed E-state index contributed by atoms with van der Waals surface area (Å²) in [5.74, 6) is -0.310. The first-order chi connectivity index (χ1) is 6.52. The predicted molar refractivity (Wildman–Crippen MR) is 44.1 cm³/mol. The first-order valence-corrected chi connectivity index (χ1v) is 3.91. The van der Waals surface area contributed by atoms with Crippen molar-refractivity contribution in [3.05, 3.63) is 29.6 Å². The Hall–Kier alpha value is -1.39. The van der Waals surface area contributed by atoms with E-state index >= 15 is 0 Å². The van der Waals surface area contributed by atoms with Gasteiger partial charge in [-0.3, -0.25) is 9.78 Å². The van der Waals surface area contributed by atoms with Crippen LogP contribution in [0.25, 0.3) is 0 Å². The summed E-state index contributed by atoms with van der Waals surface area (Å²) >= 11 is 0. The Morgan fingerprint density at radius 1 is 1.43 bits per heavy atom. The molecule has 0 bridgehead atoms. The molecule has 1 aromatic heterocycles. The molecule has 1 aromatic rings. The van der Waals surface area contributed by atoms with Crippen LogP contribution in [0, 0.1) is 0 Å². The fourth-order valence-electron chi connectivity index (χ4n) is 0.947. The lowest BCUT2D eigenvalue weighted by molar-refractivity contribution is 0.0472. The van der Waals surface area contributed by atoms with Crippen LogP contribution in [-0.4, -0.2) is 17.2 Å². The molecule has 0 aromatic carbocycles. The van der Waals surface area contributed by atoms with Gasteiger partial charge < -0.3 is 0 Å². The second kappa shape index (κ2) is 4.21. The monoisotopic (exact) mass is 203 g/mol. The van der Waals surface area contributed by atoms with Gasteiger partial charge in [-0.15, -0.1) is 0 Å². The van der Waals surface area contributed by atoms with Gasteiger partial charge >= 0.3 is 0 Å². The van der Waals surface area contributed by atoms with Crippen molar-refractivity contribution in [3.63, 3.8) is 0 Å². The minimum Gasteiger partial charge on any atom is -0.295 e. The summed E-state index contributed by atoms with van der Waals surface area (Å²) in [6, 6.07) is 2.39. The van der Waals surface area contributed by atoms with Crippen LogP contribution in [0.1, 0.15) is 29.1 Å². The zero-order chi connectivity index (χ0) is 10.7. The maximum atomic E-state index is 12.8. The molecule has 1 heterocycles. The van der Waals surface area contributed by atoms with Crippen LogP contribution in [-0.2, 0) is 0 Å². The van der Waals surface area contributed by atoms with Crippen LogP contribution in [0.5, 0.6) is 0 Å². The minimum atomic E-state index is -3.12. The number of carbonyl (C=O) groups is 1. The maximum absolute atomic E-state index is 12.8. The molecule has 0 aliphatic rings. The number of hydrogen-bond donors (Lipinski definition) is 0. The molecule has 0 aliphatic carbocycles. The topological polar surface area (TPSA) is 30.0 Å². The Balaban J connectivity index is 2.99. The highest BCUT2D eigenvalue weighted by molar-refractivity contribution is 5.94. The number of alkyl halides is 3. The first-order valence-electron chi connectivity index (χ1n) is 3.91. The van der Waals surface area contributed by atoms with Crippen molar-refractivity contribution in [1.29, 1.82) is 0 Å². The summed E-state index contributed by atoms with van der Waals surface area (Å²) in [6.07, 6.45) is -4.42. The van der Waals surface area contributed by atoms with E-state index in [0.29, 0.717) is 0 Å². The van der Waals surface area contributed by atoms with Crippen LogP contribution in [0.3, 0.4) is 0 Å². The van der Waals surface area contributed by atoms with Crippen molar-refractivity contribution in [2.24, 2.45) is 0 Å². The van der Waals surface area contributed by atoms with Crippen LogP contribution in [0.15, 0.2) is 18.3 Å². The van der Waals surface area contributed by atoms with Gasteiger partial charge in [0.15, 0.2) is 5.78 Å². The second-order valence-corrected chi connectivity index (χ2v) is 2.76. The van der Waals surface area contributed by atoms with Gasteiger partial charge in [-0.1, -0.05) is 0 Å². The van der Waals surface area contributed by atoms with Gasteiger partial charge in [-0.05, 0) is 19.1 Å². The highest BCUT2D eigenvalue weighted by Crippen LogP contribution is 2.23. The Labute approximate surface area is 78.8 Å². The number of halogens is 3. The number of ketones is 1. The molecule has 2 nitrogen and oxygen atoms in total. The van der Waals surface area contributed by atoms with E-state index in [2.05, 4.69) is 4.98 Å². The van der Waals surface area contributed by atoms with E-state index in [1.54, 1.807) is 0 Å². The van der Waals surface area contributed by atoms with E-state index in [1.165, 1.54) is 13.0 Å². The van der Waals surface area contributed by atoms with Gasteiger partial charge in [0.05, 0.1) is 5.69 Å². The molecule has 0 saturated heterocycles. The second-order valence-electron chi connectivity index (χ2n) is 2.76. The van der Waals surface area contributed by atoms with E-state index in [9.17, 15) is 18.0 Å². The summed E-state index contributed by atoms with van der Waals surface area (Å²) in [5, 5.41) is 0. The molecular weight excluding hydrogens is 195 g/mol. The van der Waals surface area contributed by atoms with Crippen molar-refractivity contribution < 1.29 is 18.0 Å². The lowest BCUT2D eigenvalue weighted by Gasteiger charge is -2.06. The normalized spacial score (nSPS) is 12.9. The van der Waals surface area contributed by atoms with Gasteiger partial charge in [-0.25, -0.2) is 13.2 Å². The number of hydrogen-bond acceptors (Lipinski definition) is 2. The molecule has 1 atom stereocenters. The molecular formula is C9H8F3NO. The lowest BCUT2D eigenvalue weighted by Crippen LogP contribution is -2.06. The third-order valence-electron chi connectivity index (χ3n) is 1.69. The molecule has 0 amide bonds. The molecule has 0 fully saturated rings. The Morgan fingerprint density at radius 2 is 2.07 bits per heavy atom. The predicted octanol–water partition coefficient (Wildman–Crippen LogP) is 2.56. The summed E-state index contributed by atoms with van der Waals surface area (Å²) in [4.78, 5) is 14.3. The van der Waals surface area contributed by atoms with Gasteiger partial charge in [-0.2, -0.15) is 0 Å². The summed E-state index contributed by atoms with van der Waals surface area (Å²) < 4.78 is 36.7. The van der Waals surface area contributed by atoms with Gasteiger partial charge in [0.1, 0.15) is 0 Å². The molecule has 0 spiro atoms. The molecule has 5 heteroatoms. The highest BCUT2D eigenvalue weighted by atomic mass is 19.3. The van der Waals surface area contributed by atoms with Crippen LogP contribution in [0.4, 0.5) is 13.2 Å². The molecule has 14 heavy (non-hydrogen) atoms. The van der Waals surface area contributed by atoms with E-state index in [-0.39, 0.29) is 11.3 Å². The SMILES string of the molecule is CC(=O)c1ccnc(C(F)C(F)F)c1. The zero-order valence-corrected chi connectivity index (χ0v) is 7.38. The Bertz CT molecular complexity index is 341. The third kappa shape index (κ3) is 2.31. The van der Waals surface area contributed by atoms with Crippen molar-refractivity contribution in [3.8, 4) is 0 Å². The van der Waals surface area contributed by atoms with E-state index in [1.807, 2.05) is 0 Å². The lowest BCUT2D eigenvalue weighted by atomic mass is 10.1. The number of carbonyl (C=O) groups excluding carboxylic acids is 1. The molecule has 0 radical (unpaired) electrons.